The fraction of sp³-hybridized carbons (Fsp3) is 0.0476. The molecule has 4 N–H and O–H groups in total. The molecule has 0 saturated heterocycles. The smallest absolute Gasteiger partial charge is 0.266 e. The molecule has 6 aromatic carbocycles. The lowest BCUT2D eigenvalue weighted by Crippen LogP contribution is -2.29. The van der Waals surface area contributed by atoms with Crippen molar-refractivity contribution in [1.29, 1.82) is 0 Å². The van der Waals surface area contributed by atoms with E-state index in [2.05, 4.69) is 0 Å². The van der Waals surface area contributed by atoms with Gasteiger partial charge in [0.25, 0.3) is 23.6 Å². The van der Waals surface area contributed by atoms with Crippen LogP contribution in [-0.4, -0.2) is 23.6 Å². The van der Waals surface area contributed by atoms with Crippen LogP contribution in [0.2, 0.25) is 0 Å². The number of fused-ring (bicyclic) bond motifs is 2. The Hall–Kier alpha value is -6.80. The topological polar surface area (TPSA) is 127 Å². The molecule has 6 aromatic rings. The number of hydrogen-bond donors (Lipinski definition) is 2. The molecule has 8 heteroatoms. The zero-order chi connectivity index (χ0) is 34.8. The number of carbonyl (C=O) groups is 4. The van der Waals surface area contributed by atoms with Crippen molar-refractivity contribution in [2.75, 3.05) is 21.3 Å². The maximum Gasteiger partial charge on any atom is 0.266 e. The van der Waals surface area contributed by atoms with Gasteiger partial charge in [0.1, 0.15) is 0 Å². The van der Waals surface area contributed by atoms with Crippen molar-refractivity contribution >= 4 is 46.4 Å². The van der Waals surface area contributed by atoms with Gasteiger partial charge in [-0.2, -0.15) is 0 Å². The highest BCUT2D eigenvalue weighted by atomic mass is 16.2. The first-order valence-electron chi connectivity index (χ1n) is 16.1. The summed E-state index contributed by atoms with van der Waals surface area (Å²) in [6, 6.07) is 36.2. The lowest BCUT2D eigenvalue weighted by Gasteiger charge is -2.19. The predicted molar refractivity (Wildman–Crippen MR) is 196 cm³/mol. The van der Waals surface area contributed by atoms with Gasteiger partial charge < -0.3 is 11.5 Å². The molecule has 8 rings (SSSR count). The SMILES string of the molecule is Cc1cc(N2C(=O)c3ccc(-c4ccc(N)cc4)cc3C2=O)ccc1-c1ccc(N2C(=O)c3ccc(-c4ccc(N)cc4)cc3C2=O)cc1C. The van der Waals surface area contributed by atoms with Gasteiger partial charge >= 0.3 is 0 Å². The number of aryl methyl sites for hydroxylation is 2. The van der Waals surface area contributed by atoms with Crippen LogP contribution in [0.1, 0.15) is 52.6 Å². The Balaban J connectivity index is 1.05. The Morgan fingerprint density at radius 2 is 0.680 bits per heavy atom. The fourth-order valence-electron chi connectivity index (χ4n) is 6.84. The molecule has 0 atom stereocenters. The van der Waals surface area contributed by atoms with E-state index in [1.165, 1.54) is 9.80 Å². The number of benzene rings is 6. The molecule has 2 aliphatic rings. The van der Waals surface area contributed by atoms with Crippen molar-refractivity contribution in [1.82, 2.24) is 0 Å². The number of amides is 4. The van der Waals surface area contributed by atoms with Crippen LogP contribution in [0.5, 0.6) is 0 Å². The van der Waals surface area contributed by atoms with Crippen LogP contribution in [0.3, 0.4) is 0 Å². The summed E-state index contributed by atoms with van der Waals surface area (Å²) in [7, 11) is 0. The average molecular weight is 655 g/mol. The van der Waals surface area contributed by atoms with Crippen LogP contribution in [0, 0.1) is 13.8 Å². The summed E-state index contributed by atoms with van der Waals surface area (Å²) < 4.78 is 0. The fourth-order valence-corrected chi connectivity index (χ4v) is 6.84. The van der Waals surface area contributed by atoms with E-state index in [-0.39, 0.29) is 23.6 Å². The molecule has 0 unspecified atom stereocenters. The van der Waals surface area contributed by atoms with Gasteiger partial charge in [-0.3, -0.25) is 19.2 Å². The summed E-state index contributed by atoms with van der Waals surface area (Å²) in [6.45, 7) is 3.85. The Labute approximate surface area is 288 Å². The molecule has 0 fully saturated rings. The zero-order valence-electron chi connectivity index (χ0n) is 27.2. The summed E-state index contributed by atoms with van der Waals surface area (Å²) in [5.41, 5.74) is 22.3. The van der Waals surface area contributed by atoms with Gasteiger partial charge in [-0.1, -0.05) is 48.5 Å². The van der Waals surface area contributed by atoms with E-state index in [1.807, 2.05) is 74.5 Å². The molecular formula is C42H30N4O4. The zero-order valence-corrected chi connectivity index (χ0v) is 27.2. The van der Waals surface area contributed by atoms with Gasteiger partial charge in [0.2, 0.25) is 0 Å². The molecule has 2 aliphatic heterocycles. The second-order valence-electron chi connectivity index (χ2n) is 12.7. The second kappa shape index (κ2) is 11.4. The monoisotopic (exact) mass is 654 g/mol. The summed E-state index contributed by atoms with van der Waals surface area (Å²) in [5, 5.41) is 0. The minimum absolute atomic E-state index is 0.354. The number of imide groups is 2. The van der Waals surface area contributed by atoms with Crippen LogP contribution in [-0.2, 0) is 0 Å². The third-order valence-corrected chi connectivity index (χ3v) is 9.49. The predicted octanol–water partition coefficient (Wildman–Crippen LogP) is 8.07. The molecule has 0 aromatic heterocycles. The quantitative estimate of drug-likeness (QED) is 0.143. The van der Waals surface area contributed by atoms with Gasteiger partial charge in [0.05, 0.1) is 33.6 Å². The molecule has 0 bridgehead atoms. The summed E-state index contributed by atoms with van der Waals surface area (Å²) >= 11 is 0. The second-order valence-corrected chi connectivity index (χ2v) is 12.7. The molecule has 2 heterocycles. The first-order chi connectivity index (χ1) is 24.1. The Bertz CT molecular complexity index is 2280. The third-order valence-electron chi connectivity index (χ3n) is 9.49. The number of nitrogens with zero attached hydrogens (tertiary/aromatic N) is 2. The number of rotatable bonds is 5. The van der Waals surface area contributed by atoms with E-state index in [0.29, 0.717) is 45.0 Å². The highest BCUT2D eigenvalue weighted by molar-refractivity contribution is 6.35. The summed E-state index contributed by atoms with van der Waals surface area (Å²) in [5.74, 6) is -1.50. The Morgan fingerprint density at radius 1 is 0.360 bits per heavy atom. The lowest BCUT2D eigenvalue weighted by atomic mass is 9.95. The third kappa shape index (κ3) is 4.85. The van der Waals surface area contributed by atoms with Crippen LogP contribution in [0.15, 0.2) is 121 Å². The van der Waals surface area contributed by atoms with Crippen molar-refractivity contribution in [3.63, 3.8) is 0 Å². The van der Waals surface area contributed by atoms with E-state index in [9.17, 15) is 19.2 Å². The number of anilines is 4. The van der Waals surface area contributed by atoms with E-state index < -0.39 is 0 Å². The largest absolute Gasteiger partial charge is 0.399 e. The van der Waals surface area contributed by atoms with E-state index >= 15 is 0 Å². The summed E-state index contributed by atoms with van der Waals surface area (Å²) in [6.07, 6.45) is 0. The molecule has 0 radical (unpaired) electrons. The van der Waals surface area contributed by atoms with Crippen LogP contribution < -0.4 is 21.3 Å². The van der Waals surface area contributed by atoms with Crippen molar-refractivity contribution in [3.8, 4) is 33.4 Å². The highest BCUT2D eigenvalue weighted by Crippen LogP contribution is 2.38. The first kappa shape index (κ1) is 30.5. The molecule has 8 nitrogen and oxygen atoms in total. The maximum absolute atomic E-state index is 13.6. The minimum atomic E-state index is -0.378. The number of nitrogens with two attached hydrogens (primary N) is 2. The van der Waals surface area contributed by atoms with E-state index in [0.717, 1.165) is 44.5 Å². The number of nitrogen functional groups attached to an aromatic ring is 2. The van der Waals surface area contributed by atoms with Crippen molar-refractivity contribution in [2.24, 2.45) is 0 Å². The molecular weight excluding hydrogens is 624 g/mol. The van der Waals surface area contributed by atoms with Gasteiger partial charge in [-0.15, -0.1) is 0 Å². The van der Waals surface area contributed by atoms with Crippen molar-refractivity contribution < 1.29 is 19.2 Å². The van der Waals surface area contributed by atoms with Crippen LogP contribution in [0.4, 0.5) is 22.7 Å². The number of hydrogen-bond acceptors (Lipinski definition) is 6. The van der Waals surface area contributed by atoms with E-state index in [4.69, 9.17) is 11.5 Å². The number of carbonyl (C=O) groups excluding carboxylic acids is 4. The molecule has 4 amide bonds. The molecule has 0 aliphatic carbocycles. The normalized spacial score (nSPS) is 13.6. The van der Waals surface area contributed by atoms with Gasteiger partial charge in [0, 0.05) is 11.4 Å². The van der Waals surface area contributed by atoms with Crippen LogP contribution >= 0.6 is 0 Å². The van der Waals surface area contributed by atoms with Gasteiger partial charge in [-0.25, -0.2) is 9.80 Å². The Kier molecular flexibility index (Phi) is 6.97. The summed E-state index contributed by atoms with van der Waals surface area (Å²) in [4.78, 5) is 56.5. The molecule has 0 saturated carbocycles. The molecule has 50 heavy (non-hydrogen) atoms. The average Bonchev–Trinajstić information content (AvgIpc) is 3.52. The minimum Gasteiger partial charge on any atom is -0.399 e. The van der Waals surface area contributed by atoms with Crippen molar-refractivity contribution in [3.05, 3.63) is 155 Å². The van der Waals surface area contributed by atoms with Crippen LogP contribution in [0.25, 0.3) is 33.4 Å². The van der Waals surface area contributed by atoms with Crippen molar-refractivity contribution in [2.45, 2.75) is 13.8 Å². The maximum atomic E-state index is 13.6. The van der Waals surface area contributed by atoms with Gasteiger partial charge in [-0.05, 0) is 131 Å². The Morgan fingerprint density at radius 3 is 1.04 bits per heavy atom. The van der Waals surface area contributed by atoms with Gasteiger partial charge in [0.15, 0.2) is 0 Å². The highest BCUT2D eigenvalue weighted by Gasteiger charge is 2.38. The lowest BCUT2D eigenvalue weighted by molar-refractivity contribution is 0.0910. The molecule has 0 spiro atoms. The standard InChI is InChI=1S/C42H30N4O4/c1-23-19-31(45-39(47)35-15-7-27(21-37(35)41(45)49)25-3-9-29(43)10-4-25)13-17-33(23)34-18-14-32(20-24(34)2)46-40(48)36-16-8-28(22-38(36)42(46)50)26-5-11-30(44)12-6-26/h3-22H,43-44H2,1-2H3. The molecule has 242 valence electrons. The first-order valence-corrected chi connectivity index (χ1v) is 16.1. The van der Waals surface area contributed by atoms with E-state index in [1.54, 1.807) is 60.7 Å².